The van der Waals surface area contributed by atoms with Crippen LogP contribution in [0.4, 0.5) is 0 Å². The highest BCUT2D eigenvalue weighted by atomic mass is 79.9. The molecule has 1 N–H and O–H groups in total. The molecule has 1 atom stereocenters. The van der Waals surface area contributed by atoms with Crippen molar-refractivity contribution in [2.75, 3.05) is 13.4 Å². The topological polar surface area (TPSA) is 99.4 Å². The molecule has 0 radical (unpaired) electrons. The molecule has 0 aliphatic carbocycles. The Morgan fingerprint density at radius 3 is 2.69 bits per heavy atom. The van der Waals surface area contributed by atoms with Crippen molar-refractivity contribution in [3.63, 3.8) is 0 Å². The second kappa shape index (κ2) is 9.29. The van der Waals surface area contributed by atoms with Gasteiger partial charge in [-0.1, -0.05) is 17.4 Å². The highest BCUT2D eigenvalue weighted by molar-refractivity contribution is 9.11. The van der Waals surface area contributed by atoms with Gasteiger partial charge in [0.2, 0.25) is 6.79 Å². The fraction of sp³-hybridized carbons (Fsp3) is 0.208. The third-order valence-electron chi connectivity index (χ3n) is 5.57. The van der Waals surface area contributed by atoms with E-state index in [0.717, 1.165) is 0 Å². The van der Waals surface area contributed by atoms with E-state index in [1.165, 1.54) is 15.9 Å². The molecule has 0 fully saturated rings. The van der Waals surface area contributed by atoms with Gasteiger partial charge in [0.05, 0.1) is 37.4 Å². The van der Waals surface area contributed by atoms with E-state index in [-0.39, 0.29) is 24.7 Å². The normalized spacial score (nSPS) is 16.8. The second-order valence-electron chi connectivity index (χ2n) is 7.75. The lowest BCUT2D eigenvalue weighted by atomic mass is 9.95. The molecule has 2 aromatic carbocycles. The summed E-state index contributed by atoms with van der Waals surface area (Å²) in [7, 11) is 0. The zero-order valence-corrected chi connectivity index (χ0v) is 22.5. The van der Waals surface area contributed by atoms with Crippen molar-refractivity contribution >= 4 is 55.2 Å². The van der Waals surface area contributed by atoms with Crippen molar-refractivity contribution in [3.05, 3.63) is 81.4 Å². The zero-order chi connectivity index (χ0) is 24.9. The Morgan fingerprint density at radius 2 is 1.97 bits per heavy atom. The first-order valence-electron chi connectivity index (χ1n) is 10.6. The number of halogens is 2. The Hall–Kier alpha value is -2.89. The van der Waals surface area contributed by atoms with Gasteiger partial charge in [0, 0.05) is 0 Å². The molecule has 3 heterocycles. The summed E-state index contributed by atoms with van der Waals surface area (Å²) in [6.45, 7) is 3.77. The Labute approximate surface area is 220 Å². The number of fused-ring (bicyclic) bond motifs is 2. The smallest absolute Gasteiger partial charge is 0.338 e. The molecular formula is C24H18Br2N2O6S. The van der Waals surface area contributed by atoms with Crippen LogP contribution in [-0.2, 0) is 9.53 Å². The summed E-state index contributed by atoms with van der Waals surface area (Å²) in [5, 5.41) is 10.0. The Bertz CT molecular complexity index is 1570. The van der Waals surface area contributed by atoms with Gasteiger partial charge in [0.1, 0.15) is 5.75 Å². The minimum atomic E-state index is -0.750. The number of aromatic hydroxyl groups is 1. The fourth-order valence-corrected chi connectivity index (χ4v) is 6.28. The molecule has 0 saturated carbocycles. The van der Waals surface area contributed by atoms with Crippen LogP contribution >= 0.6 is 43.2 Å². The summed E-state index contributed by atoms with van der Waals surface area (Å²) in [5.74, 6) is 0.683. The van der Waals surface area contributed by atoms with Gasteiger partial charge in [-0.2, -0.15) is 0 Å². The molecule has 5 rings (SSSR count). The number of rotatable bonds is 4. The minimum absolute atomic E-state index is 0.0705. The van der Waals surface area contributed by atoms with E-state index >= 15 is 0 Å². The maximum atomic E-state index is 13.7. The molecule has 1 unspecified atom stereocenters. The van der Waals surface area contributed by atoms with E-state index < -0.39 is 12.0 Å². The number of ether oxygens (including phenoxy) is 3. The van der Waals surface area contributed by atoms with E-state index in [4.69, 9.17) is 14.2 Å². The van der Waals surface area contributed by atoms with Crippen LogP contribution in [-0.4, -0.2) is 29.0 Å². The molecule has 2 aliphatic heterocycles. The zero-order valence-electron chi connectivity index (χ0n) is 18.5. The minimum Gasteiger partial charge on any atom is -0.506 e. The summed E-state index contributed by atoms with van der Waals surface area (Å²) in [5.41, 5.74) is 1.85. The first-order chi connectivity index (χ1) is 16.8. The highest BCUT2D eigenvalue weighted by Gasteiger charge is 2.34. The van der Waals surface area contributed by atoms with E-state index in [1.807, 2.05) is 6.07 Å². The van der Waals surface area contributed by atoms with Gasteiger partial charge < -0.3 is 19.3 Å². The highest BCUT2D eigenvalue weighted by Crippen LogP contribution is 2.38. The Morgan fingerprint density at radius 1 is 1.26 bits per heavy atom. The molecular weight excluding hydrogens is 604 g/mol. The average Bonchev–Trinajstić information content (AvgIpc) is 3.40. The van der Waals surface area contributed by atoms with Crippen LogP contribution in [0, 0.1) is 0 Å². The Kier molecular flexibility index (Phi) is 6.32. The lowest BCUT2D eigenvalue weighted by Crippen LogP contribution is -2.39. The number of phenolic OH excluding ortho intramolecular Hbond substituents is 1. The number of benzene rings is 2. The predicted molar refractivity (Wildman–Crippen MR) is 136 cm³/mol. The molecule has 8 nitrogen and oxygen atoms in total. The van der Waals surface area contributed by atoms with Crippen LogP contribution in [0.2, 0.25) is 0 Å². The molecule has 0 saturated heterocycles. The standard InChI is InChI=1S/C24H18Br2N2O6S/c1-3-32-23(31)19-11(2)27-24-28(20(19)13-4-5-16-17(9-13)34-10-33-16)22(30)18(35-24)8-12-6-14(25)21(29)15(26)7-12/h4-9,20,29H,3,10H2,1-2H3/b18-8-. The van der Waals surface area contributed by atoms with Crippen LogP contribution < -0.4 is 24.4 Å². The number of esters is 1. The summed E-state index contributed by atoms with van der Waals surface area (Å²) in [4.78, 5) is 31.7. The number of carbonyl (C=O) groups excluding carboxylic acids is 1. The monoisotopic (exact) mass is 620 g/mol. The Balaban J connectivity index is 1.73. The molecule has 2 aliphatic rings. The summed E-state index contributed by atoms with van der Waals surface area (Å²) >= 11 is 7.86. The molecule has 180 valence electrons. The van der Waals surface area contributed by atoms with Gasteiger partial charge in [0.25, 0.3) is 5.56 Å². The lowest BCUT2D eigenvalue weighted by molar-refractivity contribution is -0.139. The largest absolute Gasteiger partial charge is 0.506 e. The fourth-order valence-electron chi connectivity index (χ4n) is 4.01. The van der Waals surface area contributed by atoms with Gasteiger partial charge >= 0.3 is 5.97 Å². The van der Waals surface area contributed by atoms with Gasteiger partial charge in [-0.25, -0.2) is 9.79 Å². The van der Waals surface area contributed by atoms with E-state index in [9.17, 15) is 14.7 Å². The van der Waals surface area contributed by atoms with Gasteiger partial charge in [-0.05, 0) is 87.2 Å². The summed E-state index contributed by atoms with van der Waals surface area (Å²) < 4.78 is 19.2. The maximum absolute atomic E-state index is 13.7. The second-order valence-corrected chi connectivity index (χ2v) is 10.5. The molecule has 1 aromatic heterocycles. The molecule has 11 heteroatoms. The maximum Gasteiger partial charge on any atom is 0.338 e. The number of hydrogen-bond acceptors (Lipinski definition) is 8. The van der Waals surface area contributed by atoms with Crippen LogP contribution in [0.15, 0.2) is 60.3 Å². The van der Waals surface area contributed by atoms with Crippen molar-refractivity contribution in [2.45, 2.75) is 19.9 Å². The number of hydrogen-bond donors (Lipinski definition) is 1. The first kappa shape index (κ1) is 23.8. The van der Waals surface area contributed by atoms with E-state index in [2.05, 4.69) is 36.9 Å². The predicted octanol–water partition coefficient (Wildman–Crippen LogP) is 3.76. The quantitative estimate of drug-likeness (QED) is 0.446. The summed E-state index contributed by atoms with van der Waals surface area (Å²) in [6, 6.07) is 8.01. The SMILES string of the molecule is CCOC(=O)C1=C(C)N=c2s/c(=C\c3cc(Br)c(O)c(Br)c3)c(=O)n2C1c1ccc2c(c1)OCO2. The number of nitrogens with zero attached hydrogens (tertiary/aromatic N) is 2. The van der Waals surface area contributed by atoms with Crippen molar-refractivity contribution in [1.82, 2.24) is 4.57 Å². The number of carbonyl (C=O) groups is 1. The van der Waals surface area contributed by atoms with Crippen molar-refractivity contribution in [2.24, 2.45) is 4.99 Å². The van der Waals surface area contributed by atoms with Crippen molar-refractivity contribution in [1.29, 1.82) is 0 Å². The average molecular weight is 622 g/mol. The van der Waals surface area contributed by atoms with Crippen LogP contribution in [0.1, 0.15) is 31.0 Å². The van der Waals surface area contributed by atoms with Gasteiger partial charge in [-0.15, -0.1) is 0 Å². The third-order valence-corrected chi connectivity index (χ3v) is 7.76. The number of allylic oxidation sites excluding steroid dienone is 1. The number of thiazole rings is 1. The molecule has 3 aromatic rings. The van der Waals surface area contributed by atoms with Gasteiger partial charge in [-0.3, -0.25) is 9.36 Å². The van der Waals surface area contributed by atoms with Crippen LogP contribution in [0.5, 0.6) is 17.2 Å². The van der Waals surface area contributed by atoms with Crippen LogP contribution in [0.25, 0.3) is 6.08 Å². The first-order valence-corrected chi connectivity index (χ1v) is 13.0. The molecule has 35 heavy (non-hydrogen) atoms. The van der Waals surface area contributed by atoms with Crippen molar-refractivity contribution < 1.29 is 24.1 Å². The number of aromatic nitrogens is 1. The third kappa shape index (κ3) is 4.21. The molecule has 0 amide bonds. The summed E-state index contributed by atoms with van der Waals surface area (Å²) in [6.07, 6.45) is 1.72. The van der Waals surface area contributed by atoms with Crippen LogP contribution in [0.3, 0.4) is 0 Å². The lowest BCUT2D eigenvalue weighted by Gasteiger charge is -2.24. The molecule has 0 spiro atoms. The van der Waals surface area contributed by atoms with Gasteiger partial charge in [0.15, 0.2) is 16.3 Å². The number of phenols is 1. The van der Waals surface area contributed by atoms with Crippen molar-refractivity contribution in [3.8, 4) is 17.2 Å². The van der Waals surface area contributed by atoms with E-state index in [0.29, 0.717) is 52.2 Å². The molecule has 0 bridgehead atoms. The van der Waals surface area contributed by atoms with E-state index in [1.54, 1.807) is 44.2 Å².